The van der Waals surface area contributed by atoms with Gasteiger partial charge in [0.1, 0.15) is 0 Å². The van der Waals surface area contributed by atoms with Crippen molar-refractivity contribution >= 4 is 17.4 Å². The molecule has 2 aromatic carbocycles. The van der Waals surface area contributed by atoms with E-state index < -0.39 is 0 Å². The first kappa shape index (κ1) is 22.6. The number of rotatable bonds is 9. The van der Waals surface area contributed by atoms with Crippen LogP contribution in [0, 0.1) is 0 Å². The summed E-state index contributed by atoms with van der Waals surface area (Å²) in [5, 5.41) is 3.03. The highest BCUT2D eigenvalue weighted by molar-refractivity contribution is 5.94. The van der Waals surface area contributed by atoms with Crippen LogP contribution in [0.4, 0.5) is 5.69 Å². The van der Waals surface area contributed by atoms with Crippen molar-refractivity contribution in [3.05, 3.63) is 53.6 Å². The van der Waals surface area contributed by atoms with E-state index in [1.807, 2.05) is 42.5 Å². The van der Waals surface area contributed by atoms with E-state index in [1.165, 1.54) is 4.90 Å². The number of hydrogen-bond donors (Lipinski definition) is 2. The molecule has 2 N–H and O–H groups in total. The Morgan fingerprint density at radius 2 is 1.68 bits per heavy atom. The smallest absolute Gasteiger partial charge is 0.275 e. The molecule has 0 spiro atoms. The number of amides is 1. The van der Waals surface area contributed by atoms with Gasteiger partial charge in [0.15, 0.2) is 23.8 Å². The number of quaternary nitrogens is 1. The fraction of sp³-hybridized carbons (Fsp3) is 0.417. The van der Waals surface area contributed by atoms with Crippen LogP contribution in [-0.2, 0) is 11.2 Å². The van der Waals surface area contributed by atoms with Crippen molar-refractivity contribution in [2.45, 2.75) is 13.3 Å². The van der Waals surface area contributed by atoms with Crippen molar-refractivity contribution in [2.24, 2.45) is 0 Å². The van der Waals surface area contributed by atoms with E-state index in [2.05, 4.69) is 10.2 Å². The predicted octanol–water partition coefficient (Wildman–Crippen LogP) is 0.970. The maximum Gasteiger partial charge on any atom is 0.275 e. The van der Waals surface area contributed by atoms with Crippen LogP contribution in [0.1, 0.15) is 22.8 Å². The first-order valence-electron chi connectivity index (χ1n) is 10.7. The van der Waals surface area contributed by atoms with E-state index in [0.717, 1.165) is 49.4 Å². The third-order valence-electron chi connectivity index (χ3n) is 5.70. The molecule has 1 amide bonds. The Morgan fingerprint density at radius 3 is 2.29 bits per heavy atom. The number of anilines is 1. The van der Waals surface area contributed by atoms with Gasteiger partial charge in [-0.1, -0.05) is 6.07 Å². The Hall–Kier alpha value is -3.06. The van der Waals surface area contributed by atoms with Crippen molar-refractivity contribution in [1.29, 1.82) is 0 Å². The Bertz CT molecular complexity index is 890. The summed E-state index contributed by atoms with van der Waals surface area (Å²) in [6.07, 6.45) is 0.742. The fourth-order valence-corrected chi connectivity index (χ4v) is 3.84. The van der Waals surface area contributed by atoms with E-state index in [0.29, 0.717) is 24.6 Å². The molecule has 2 aromatic rings. The summed E-state index contributed by atoms with van der Waals surface area (Å²) < 4.78 is 10.6. The summed E-state index contributed by atoms with van der Waals surface area (Å²) in [4.78, 5) is 27.4. The number of nitrogens with one attached hydrogen (secondary N) is 2. The number of nitrogens with zero attached hydrogens (tertiary/aromatic N) is 1. The monoisotopic (exact) mass is 426 g/mol. The SMILES string of the molecule is COc1ccc(CCNC(=O)C[NH+]2CCN(c3ccc(C(C)=O)cc3)CC2)cc1OC. The van der Waals surface area contributed by atoms with Crippen LogP contribution in [0.3, 0.4) is 0 Å². The van der Waals surface area contributed by atoms with Crippen molar-refractivity contribution in [1.82, 2.24) is 5.32 Å². The Kier molecular flexibility index (Phi) is 7.89. The van der Waals surface area contributed by atoms with Crippen LogP contribution in [0.2, 0.25) is 0 Å². The van der Waals surface area contributed by atoms with Gasteiger partial charge in [-0.3, -0.25) is 9.59 Å². The number of Topliss-reactive ketones (excluding diaryl/α,β-unsaturated/α-hetero) is 1. The van der Waals surface area contributed by atoms with Gasteiger partial charge in [-0.2, -0.15) is 0 Å². The highest BCUT2D eigenvalue weighted by Gasteiger charge is 2.22. The summed E-state index contributed by atoms with van der Waals surface area (Å²) in [7, 11) is 3.23. The molecular formula is C24H32N3O4+. The lowest BCUT2D eigenvalue weighted by atomic mass is 10.1. The van der Waals surface area contributed by atoms with Crippen LogP contribution in [0.5, 0.6) is 11.5 Å². The highest BCUT2D eigenvalue weighted by atomic mass is 16.5. The zero-order valence-electron chi connectivity index (χ0n) is 18.6. The van der Waals surface area contributed by atoms with Gasteiger partial charge in [0.25, 0.3) is 5.91 Å². The Morgan fingerprint density at radius 1 is 1.00 bits per heavy atom. The third-order valence-corrected chi connectivity index (χ3v) is 5.70. The summed E-state index contributed by atoms with van der Waals surface area (Å²) >= 11 is 0. The number of ketones is 1. The van der Waals surface area contributed by atoms with Gasteiger partial charge >= 0.3 is 0 Å². The topological polar surface area (TPSA) is 72.3 Å². The van der Waals surface area contributed by atoms with E-state index in [4.69, 9.17) is 9.47 Å². The van der Waals surface area contributed by atoms with Crippen LogP contribution in [0.15, 0.2) is 42.5 Å². The number of carbonyl (C=O) groups excluding carboxylic acids is 2. The molecule has 31 heavy (non-hydrogen) atoms. The van der Waals surface area contributed by atoms with Gasteiger partial charge in [-0.25, -0.2) is 0 Å². The molecule has 1 heterocycles. The normalized spacial score (nSPS) is 14.2. The molecule has 7 nitrogen and oxygen atoms in total. The minimum absolute atomic E-state index is 0.0785. The molecule has 1 saturated heterocycles. The minimum atomic E-state index is 0.0785. The Labute approximate surface area is 183 Å². The number of ether oxygens (including phenoxy) is 2. The first-order valence-corrected chi connectivity index (χ1v) is 10.7. The Balaban J connectivity index is 1.39. The maximum absolute atomic E-state index is 12.4. The molecule has 1 aliphatic heterocycles. The van der Waals surface area contributed by atoms with Crippen LogP contribution in [-0.4, -0.2) is 65.2 Å². The lowest BCUT2D eigenvalue weighted by molar-refractivity contribution is -0.892. The van der Waals surface area contributed by atoms with Gasteiger partial charge in [0.05, 0.1) is 40.4 Å². The second-order valence-corrected chi connectivity index (χ2v) is 7.81. The fourth-order valence-electron chi connectivity index (χ4n) is 3.84. The number of hydrogen-bond acceptors (Lipinski definition) is 5. The van der Waals surface area contributed by atoms with Crippen molar-refractivity contribution in [3.8, 4) is 11.5 Å². The molecule has 7 heteroatoms. The molecule has 3 rings (SSSR count). The van der Waals surface area contributed by atoms with E-state index in [-0.39, 0.29) is 11.7 Å². The molecule has 0 radical (unpaired) electrons. The second-order valence-electron chi connectivity index (χ2n) is 7.81. The average Bonchev–Trinajstić information content (AvgIpc) is 2.79. The molecule has 166 valence electrons. The van der Waals surface area contributed by atoms with Gasteiger partial charge < -0.3 is 24.6 Å². The largest absolute Gasteiger partial charge is 0.493 e. The molecule has 0 atom stereocenters. The van der Waals surface area contributed by atoms with Crippen molar-refractivity contribution < 1.29 is 24.0 Å². The summed E-state index contributed by atoms with van der Waals surface area (Å²) in [5.41, 5.74) is 2.95. The summed E-state index contributed by atoms with van der Waals surface area (Å²) in [5.74, 6) is 1.56. The zero-order valence-corrected chi connectivity index (χ0v) is 18.6. The van der Waals surface area contributed by atoms with Crippen LogP contribution >= 0.6 is 0 Å². The molecule has 1 fully saturated rings. The molecule has 1 aliphatic rings. The van der Waals surface area contributed by atoms with E-state index in [9.17, 15) is 9.59 Å². The first-order chi connectivity index (χ1) is 15.0. The molecule has 0 aliphatic carbocycles. The second kappa shape index (κ2) is 10.8. The summed E-state index contributed by atoms with van der Waals surface area (Å²) in [6.45, 7) is 6.28. The molecular weight excluding hydrogens is 394 g/mol. The van der Waals surface area contributed by atoms with E-state index >= 15 is 0 Å². The molecule has 0 unspecified atom stereocenters. The van der Waals surface area contributed by atoms with Gasteiger partial charge in [-0.15, -0.1) is 0 Å². The maximum atomic E-state index is 12.4. The zero-order chi connectivity index (χ0) is 22.2. The molecule has 0 aromatic heterocycles. The van der Waals surface area contributed by atoms with Gasteiger partial charge in [-0.05, 0) is 55.3 Å². The number of benzene rings is 2. The van der Waals surface area contributed by atoms with E-state index in [1.54, 1.807) is 21.1 Å². The standard InChI is InChI=1S/C24H31N3O4/c1-18(28)20-5-7-21(8-6-20)27-14-12-26(13-15-27)17-24(29)25-11-10-19-4-9-22(30-2)23(16-19)31-3/h4-9,16H,10-15,17H2,1-3H3,(H,25,29)/p+1. The van der Waals surface area contributed by atoms with Crippen molar-refractivity contribution in [3.63, 3.8) is 0 Å². The third kappa shape index (κ3) is 6.21. The quantitative estimate of drug-likeness (QED) is 0.585. The number of carbonyl (C=O) groups is 2. The highest BCUT2D eigenvalue weighted by Crippen LogP contribution is 2.27. The average molecular weight is 427 g/mol. The summed E-state index contributed by atoms with van der Waals surface area (Å²) in [6, 6.07) is 13.6. The minimum Gasteiger partial charge on any atom is -0.493 e. The van der Waals surface area contributed by atoms with Crippen LogP contribution in [0.25, 0.3) is 0 Å². The van der Waals surface area contributed by atoms with Crippen LogP contribution < -0.4 is 24.6 Å². The predicted molar refractivity (Wildman–Crippen MR) is 120 cm³/mol. The molecule has 0 bridgehead atoms. The number of methoxy groups -OCH3 is 2. The van der Waals surface area contributed by atoms with Gasteiger partial charge in [0, 0.05) is 17.8 Å². The number of piperazine rings is 1. The van der Waals surface area contributed by atoms with Gasteiger partial charge in [0.2, 0.25) is 0 Å². The lowest BCUT2D eigenvalue weighted by Gasteiger charge is -2.33. The molecule has 0 saturated carbocycles. The van der Waals surface area contributed by atoms with Crippen molar-refractivity contribution in [2.75, 3.05) is 58.4 Å². The lowest BCUT2D eigenvalue weighted by Crippen LogP contribution is -3.16.